The minimum absolute atomic E-state index is 0.288. The smallest absolute Gasteiger partial charge is 0.230 e. The number of nitrogens with zero attached hydrogens (tertiary/aromatic N) is 3. The average molecular weight is 204 g/mol. The summed E-state index contributed by atoms with van der Waals surface area (Å²) in [6.07, 6.45) is 3.27. The number of nitrogens with two attached hydrogens (primary N) is 1. The largest absolute Gasteiger partial charge is 0.424 e. The van der Waals surface area contributed by atoms with Crippen LogP contribution in [0.2, 0.25) is 0 Å². The molecule has 0 aliphatic carbocycles. The molecule has 0 saturated carbocycles. The molecule has 5 heteroatoms. The van der Waals surface area contributed by atoms with Crippen LogP contribution in [0.3, 0.4) is 0 Å². The quantitative estimate of drug-likeness (QED) is 0.793. The van der Waals surface area contributed by atoms with Gasteiger partial charge in [0.1, 0.15) is 0 Å². The van der Waals surface area contributed by atoms with Gasteiger partial charge in [0.05, 0.1) is 6.54 Å². The molecule has 0 saturated heterocycles. The molecular weight excluding hydrogens is 192 g/mol. The predicted octanol–water partition coefficient (Wildman–Crippen LogP) is 0.708. The summed E-state index contributed by atoms with van der Waals surface area (Å²) in [6, 6.07) is 5.82. The summed E-state index contributed by atoms with van der Waals surface area (Å²) in [6.45, 7) is 0.288. The molecule has 2 aromatic rings. The fraction of sp³-hybridized carbons (Fsp3) is 0.300. The summed E-state index contributed by atoms with van der Waals surface area (Å²) >= 11 is 0. The molecule has 0 fully saturated rings. The zero-order valence-corrected chi connectivity index (χ0v) is 8.26. The van der Waals surface area contributed by atoms with E-state index >= 15 is 0 Å². The van der Waals surface area contributed by atoms with Crippen molar-refractivity contribution in [3.63, 3.8) is 0 Å². The Morgan fingerprint density at radius 2 is 2.00 bits per heavy atom. The Bertz CT molecular complexity index is 412. The number of rotatable bonds is 4. The van der Waals surface area contributed by atoms with Crippen molar-refractivity contribution in [2.75, 3.05) is 0 Å². The molecule has 0 aliphatic heterocycles. The van der Waals surface area contributed by atoms with Crippen molar-refractivity contribution in [2.24, 2.45) is 5.73 Å². The third-order valence-corrected chi connectivity index (χ3v) is 2.00. The molecule has 0 radical (unpaired) electrons. The maximum atomic E-state index is 5.36. The average Bonchev–Trinajstić information content (AvgIpc) is 2.76. The lowest BCUT2D eigenvalue weighted by Crippen LogP contribution is -1.95. The van der Waals surface area contributed by atoms with E-state index in [1.54, 1.807) is 6.20 Å². The Morgan fingerprint density at radius 1 is 1.13 bits per heavy atom. The molecule has 2 heterocycles. The van der Waals surface area contributed by atoms with Gasteiger partial charge in [-0.05, 0) is 18.6 Å². The van der Waals surface area contributed by atoms with Gasteiger partial charge in [-0.3, -0.25) is 4.98 Å². The van der Waals surface area contributed by atoms with Crippen LogP contribution in [-0.2, 0) is 19.4 Å². The summed E-state index contributed by atoms with van der Waals surface area (Å²) < 4.78 is 5.28. The van der Waals surface area contributed by atoms with Gasteiger partial charge in [0.25, 0.3) is 0 Å². The number of hydrogen-bond acceptors (Lipinski definition) is 5. The highest BCUT2D eigenvalue weighted by molar-refractivity contribution is 5.04. The van der Waals surface area contributed by atoms with Crippen LogP contribution in [0.1, 0.15) is 17.5 Å². The standard InChI is InChI=1S/C10H12N4O/c11-7-10-14-13-9(15-10)5-4-8-3-1-2-6-12-8/h1-3,6H,4-5,7,11H2. The molecule has 2 N–H and O–H groups in total. The summed E-state index contributed by atoms with van der Waals surface area (Å²) in [5.41, 5.74) is 6.38. The molecule has 78 valence electrons. The Kier molecular flexibility index (Phi) is 3.04. The van der Waals surface area contributed by atoms with Crippen LogP contribution >= 0.6 is 0 Å². The molecule has 0 bridgehead atoms. The van der Waals surface area contributed by atoms with Gasteiger partial charge in [0, 0.05) is 18.3 Å². The maximum absolute atomic E-state index is 5.36. The first-order chi connectivity index (χ1) is 7.38. The molecule has 2 aromatic heterocycles. The second-order valence-corrected chi connectivity index (χ2v) is 3.11. The van der Waals surface area contributed by atoms with E-state index in [1.807, 2.05) is 18.2 Å². The van der Waals surface area contributed by atoms with Crippen molar-refractivity contribution in [3.8, 4) is 0 Å². The zero-order valence-electron chi connectivity index (χ0n) is 8.26. The van der Waals surface area contributed by atoms with Gasteiger partial charge in [-0.1, -0.05) is 6.07 Å². The van der Waals surface area contributed by atoms with E-state index in [2.05, 4.69) is 15.2 Å². The van der Waals surface area contributed by atoms with Crippen molar-refractivity contribution in [1.29, 1.82) is 0 Å². The lowest BCUT2D eigenvalue weighted by molar-refractivity contribution is 0.450. The van der Waals surface area contributed by atoms with Crippen molar-refractivity contribution in [1.82, 2.24) is 15.2 Å². The third-order valence-electron chi connectivity index (χ3n) is 2.00. The van der Waals surface area contributed by atoms with E-state index in [-0.39, 0.29) is 6.54 Å². The van der Waals surface area contributed by atoms with E-state index in [1.165, 1.54) is 0 Å². The van der Waals surface area contributed by atoms with Crippen LogP contribution in [0.4, 0.5) is 0 Å². The Labute approximate surface area is 87.3 Å². The molecule has 0 amide bonds. The number of hydrogen-bond donors (Lipinski definition) is 1. The fourth-order valence-electron chi connectivity index (χ4n) is 1.25. The summed E-state index contributed by atoms with van der Waals surface area (Å²) in [4.78, 5) is 4.21. The van der Waals surface area contributed by atoms with Crippen molar-refractivity contribution >= 4 is 0 Å². The van der Waals surface area contributed by atoms with E-state index in [0.717, 1.165) is 12.1 Å². The second-order valence-electron chi connectivity index (χ2n) is 3.11. The van der Waals surface area contributed by atoms with Gasteiger partial charge in [0.15, 0.2) is 0 Å². The third kappa shape index (κ3) is 2.60. The fourth-order valence-corrected chi connectivity index (χ4v) is 1.25. The molecule has 0 spiro atoms. The number of pyridine rings is 1. The van der Waals surface area contributed by atoms with E-state index in [0.29, 0.717) is 18.2 Å². The molecule has 0 aromatic carbocycles. The monoisotopic (exact) mass is 204 g/mol. The minimum atomic E-state index is 0.288. The highest BCUT2D eigenvalue weighted by Crippen LogP contribution is 2.04. The molecule has 2 rings (SSSR count). The molecule has 0 atom stereocenters. The van der Waals surface area contributed by atoms with Gasteiger partial charge < -0.3 is 10.2 Å². The first-order valence-electron chi connectivity index (χ1n) is 4.79. The lowest BCUT2D eigenvalue weighted by Gasteiger charge is -1.95. The Hall–Kier alpha value is -1.75. The van der Waals surface area contributed by atoms with Crippen LogP contribution in [0.15, 0.2) is 28.8 Å². The van der Waals surface area contributed by atoms with Crippen molar-refractivity contribution < 1.29 is 4.42 Å². The van der Waals surface area contributed by atoms with Crippen LogP contribution in [-0.4, -0.2) is 15.2 Å². The van der Waals surface area contributed by atoms with E-state index < -0.39 is 0 Å². The Morgan fingerprint density at radius 3 is 2.67 bits per heavy atom. The second kappa shape index (κ2) is 4.65. The van der Waals surface area contributed by atoms with Crippen LogP contribution in [0.5, 0.6) is 0 Å². The maximum Gasteiger partial charge on any atom is 0.230 e. The van der Waals surface area contributed by atoms with Crippen molar-refractivity contribution in [3.05, 3.63) is 41.9 Å². The molecule has 5 nitrogen and oxygen atoms in total. The molecule has 15 heavy (non-hydrogen) atoms. The van der Waals surface area contributed by atoms with Crippen LogP contribution < -0.4 is 5.73 Å². The van der Waals surface area contributed by atoms with Crippen LogP contribution in [0, 0.1) is 0 Å². The Balaban J connectivity index is 1.93. The summed E-state index contributed by atoms with van der Waals surface area (Å²) in [5, 5.41) is 7.66. The normalized spacial score (nSPS) is 10.5. The molecule has 0 aliphatic rings. The zero-order chi connectivity index (χ0) is 10.5. The van der Waals surface area contributed by atoms with Gasteiger partial charge in [-0.15, -0.1) is 10.2 Å². The lowest BCUT2D eigenvalue weighted by atomic mass is 10.2. The topological polar surface area (TPSA) is 77.8 Å². The van der Waals surface area contributed by atoms with E-state index in [4.69, 9.17) is 10.2 Å². The molecule has 0 unspecified atom stereocenters. The highest BCUT2D eigenvalue weighted by atomic mass is 16.4. The summed E-state index contributed by atoms with van der Waals surface area (Å²) in [7, 11) is 0. The predicted molar refractivity (Wildman–Crippen MR) is 53.8 cm³/mol. The number of aryl methyl sites for hydroxylation is 2. The van der Waals surface area contributed by atoms with Gasteiger partial charge >= 0.3 is 0 Å². The highest BCUT2D eigenvalue weighted by Gasteiger charge is 2.04. The number of aromatic nitrogens is 3. The molecular formula is C10H12N4O. The SMILES string of the molecule is NCc1nnc(CCc2ccccn2)o1. The van der Waals surface area contributed by atoms with Gasteiger partial charge in [-0.25, -0.2) is 0 Å². The first-order valence-corrected chi connectivity index (χ1v) is 4.79. The van der Waals surface area contributed by atoms with Crippen molar-refractivity contribution in [2.45, 2.75) is 19.4 Å². The van der Waals surface area contributed by atoms with Gasteiger partial charge in [0.2, 0.25) is 11.8 Å². The summed E-state index contributed by atoms with van der Waals surface area (Å²) in [5.74, 6) is 1.09. The van der Waals surface area contributed by atoms with E-state index in [9.17, 15) is 0 Å². The van der Waals surface area contributed by atoms with Crippen LogP contribution in [0.25, 0.3) is 0 Å². The van der Waals surface area contributed by atoms with Gasteiger partial charge in [-0.2, -0.15) is 0 Å². The first kappa shape index (κ1) is 9.79. The minimum Gasteiger partial charge on any atom is -0.424 e.